The number of benzene rings is 2. The largest absolute Gasteiger partial charge is 0.461 e. The van der Waals surface area contributed by atoms with Crippen LogP contribution in [0.2, 0.25) is 0 Å². The lowest BCUT2D eigenvalue weighted by Gasteiger charge is -2.21. The summed E-state index contributed by atoms with van der Waals surface area (Å²) in [5.41, 5.74) is 1.35. The lowest BCUT2D eigenvalue weighted by Crippen LogP contribution is -2.19. The number of nitrogens with zero attached hydrogens (tertiary/aromatic N) is 2. The molecule has 0 fully saturated rings. The van der Waals surface area contributed by atoms with Crippen molar-refractivity contribution in [1.29, 1.82) is 0 Å². The van der Waals surface area contributed by atoms with E-state index >= 15 is 0 Å². The Kier molecular flexibility index (Phi) is 8.58. The summed E-state index contributed by atoms with van der Waals surface area (Å²) in [7, 11) is 2.90. The van der Waals surface area contributed by atoms with Crippen LogP contribution in [0.15, 0.2) is 65.6 Å². The average molecular weight is 621 g/mol. The van der Waals surface area contributed by atoms with Crippen LogP contribution in [0.3, 0.4) is 0 Å². The molecule has 7 nitrogen and oxygen atoms in total. The maximum atomic E-state index is 13.2. The van der Waals surface area contributed by atoms with Crippen LogP contribution in [0.4, 0.5) is 0 Å². The van der Waals surface area contributed by atoms with Crippen molar-refractivity contribution in [1.82, 2.24) is 8.54 Å². The number of hydrogen-bond donors (Lipinski definition) is 1. The van der Waals surface area contributed by atoms with Crippen LogP contribution in [0.1, 0.15) is 44.2 Å². The van der Waals surface area contributed by atoms with E-state index in [1.165, 1.54) is 13.7 Å². The number of aliphatic hydroxyl groups is 1. The SMILES string of the molecule is C.CCOC(=O)c1cc2c(-c3cc(C(C)(C)O)ccc3Oc3ccccc3)cn(C)c(=O)c2n1SI. The van der Waals surface area contributed by atoms with E-state index in [9.17, 15) is 14.7 Å². The number of carbonyl (C=O) groups excluding carboxylic acids is 1. The first kappa shape index (κ1) is 27.8. The highest BCUT2D eigenvalue weighted by Gasteiger charge is 2.25. The number of ether oxygens (including phenoxy) is 2. The average Bonchev–Trinajstić information content (AvgIpc) is 3.22. The summed E-state index contributed by atoms with van der Waals surface area (Å²) in [6, 6.07) is 16.5. The number of aromatic nitrogens is 2. The fraction of sp³-hybridized carbons (Fsp3) is 0.259. The zero-order valence-corrected chi connectivity index (χ0v) is 22.7. The molecule has 0 aliphatic rings. The minimum absolute atomic E-state index is 0. The van der Waals surface area contributed by atoms with Gasteiger partial charge in [0.25, 0.3) is 5.56 Å². The fourth-order valence-corrected chi connectivity index (χ4v) is 5.52. The number of aryl methyl sites for hydroxylation is 1. The van der Waals surface area contributed by atoms with Crippen molar-refractivity contribution in [2.45, 2.75) is 33.8 Å². The van der Waals surface area contributed by atoms with Gasteiger partial charge in [0.15, 0.2) is 0 Å². The molecular weight excluding hydrogens is 591 g/mol. The summed E-state index contributed by atoms with van der Waals surface area (Å²) in [4.78, 5) is 25.9. The summed E-state index contributed by atoms with van der Waals surface area (Å²) in [5.74, 6) is 0.696. The van der Waals surface area contributed by atoms with E-state index in [0.717, 1.165) is 0 Å². The minimum Gasteiger partial charge on any atom is -0.461 e. The molecule has 0 saturated heterocycles. The van der Waals surface area contributed by atoms with Gasteiger partial charge >= 0.3 is 5.97 Å². The van der Waals surface area contributed by atoms with Gasteiger partial charge in [0.1, 0.15) is 22.7 Å². The second-order valence-corrected chi connectivity index (χ2v) is 10.2. The predicted octanol–water partition coefficient (Wildman–Crippen LogP) is 6.69. The molecule has 2 aromatic heterocycles. The molecule has 9 heteroatoms. The number of esters is 1. The molecule has 0 bridgehead atoms. The normalized spacial score (nSPS) is 11.3. The molecule has 2 heterocycles. The lowest BCUT2D eigenvalue weighted by atomic mass is 9.93. The van der Waals surface area contributed by atoms with Crippen molar-refractivity contribution in [3.63, 3.8) is 0 Å². The van der Waals surface area contributed by atoms with Crippen molar-refractivity contribution in [2.75, 3.05) is 6.61 Å². The van der Waals surface area contributed by atoms with E-state index in [-0.39, 0.29) is 25.3 Å². The van der Waals surface area contributed by atoms with Crippen LogP contribution < -0.4 is 10.3 Å². The van der Waals surface area contributed by atoms with Gasteiger partial charge in [0.2, 0.25) is 0 Å². The van der Waals surface area contributed by atoms with Crippen LogP contribution >= 0.6 is 30.3 Å². The molecule has 2 aromatic carbocycles. The van der Waals surface area contributed by atoms with Gasteiger partial charge in [-0.2, -0.15) is 0 Å². The standard InChI is InChI=1S/C26H25IN2O5S.CH4/c1-5-33-25(31)21-14-19-20(15-28(4)24(30)23(19)29(21)35-27)18-13-16(26(2,3)32)11-12-22(18)34-17-9-7-6-8-10-17;/h6-15,32H,5H2,1-4H3;1H4. The van der Waals surface area contributed by atoms with Gasteiger partial charge in [-0.1, -0.05) is 31.7 Å². The number of hydrogen-bond acceptors (Lipinski definition) is 6. The zero-order valence-electron chi connectivity index (χ0n) is 19.7. The van der Waals surface area contributed by atoms with Gasteiger partial charge in [-0.15, -0.1) is 0 Å². The molecule has 0 spiro atoms. The second-order valence-electron chi connectivity index (χ2n) is 8.52. The first-order chi connectivity index (χ1) is 16.7. The Morgan fingerprint density at radius 2 is 1.81 bits per heavy atom. The van der Waals surface area contributed by atoms with E-state index in [1.54, 1.807) is 44.1 Å². The zero-order chi connectivity index (χ0) is 25.3. The van der Waals surface area contributed by atoms with Gasteiger partial charge in [-0.3, -0.25) is 8.77 Å². The first-order valence-electron chi connectivity index (χ1n) is 11.0. The Hall–Kier alpha value is -2.76. The maximum Gasteiger partial charge on any atom is 0.355 e. The van der Waals surface area contributed by atoms with Gasteiger partial charge < -0.3 is 19.1 Å². The number of carbonyl (C=O) groups is 1. The Morgan fingerprint density at radius 1 is 1.11 bits per heavy atom. The smallest absolute Gasteiger partial charge is 0.355 e. The molecule has 0 amide bonds. The molecule has 0 unspecified atom stereocenters. The van der Waals surface area contributed by atoms with E-state index in [1.807, 2.05) is 69.7 Å². The molecule has 0 aliphatic carbocycles. The number of rotatable bonds is 7. The van der Waals surface area contributed by atoms with Crippen LogP contribution in [0, 0.1) is 0 Å². The maximum absolute atomic E-state index is 13.2. The fourth-order valence-electron chi connectivity index (χ4n) is 3.85. The molecule has 0 radical (unpaired) electrons. The third-order valence-electron chi connectivity index (χ3n) is 5.59. The van der Waals surface area contributed by atoms with Crippen LogP contribution in [-0.4, -0.2) is 26.2 Å². The van der Waals surface area contributed by atoms with Gasteiger partial charge in [-0.05, 0) is 56.7 Å². The predicted molar refractivity (Wildman–Crippen MR) is 154 cm³/mol. The van der Waals surface area contributed by atoms with Crippen LogP contribution in [-0.2, 0) is 17.4 Å². The second kappa shape index (κ2) is 11.1. The third kappa shape index (κ3) is 5.33. The monoisotopic (exact) mass is 620 g/mol. The van der Waals surface area contributed by atoms with E-state index in [2.05, 4.69) is 0 Å². The molecular formula is C27H29IN2O5S. The van der Waals surface area contributed by atoms with Gasteiger partial charge in [0, 0.05) is 60.1 Å². The Morgan fingerprint density at radius 3 is 2.42 bits per heavy atom. The molecule has 1 N–H and O–H groups in total. The van der Waals surface area contributed by atoms with Crippen molar-refractivity contribution < 1.29 is 19.4 Å². The van der Waals surface area contributed by atoms with Crippen molar-refractivity contribution in [2.24, 2.45) is 7.05 Å². The summed E-state index contributed by atoms with van der Waals surface area (Å²) in [6.07, 6.45) is 1.73. The Labute approximate surface area is 226 Å². The molecule has 4 aromatic rings. The number of pyridine rings is 1. The highest BCUT2D eigenvalue weighted by Crippen LogP contribution is 2.40. The van der Waals surface area contributed by atoms with Crippen LogP contribution in [0.25, 0.3) is 22.0 Å². The Balaban J connectivity index is 0.00000361. The lowest BCUT2D eigenvalue weighted by molar-refractivity contribution is 0.0519. The minimum atomic E-state index is -1.10. The third-order valence-corrected chi connectivity index (χ3v) is 7.29. The summed E-state index contributed by atoms with van der Waals surface area (Å²) >= 11 is 2.04. The molecule has 190 valence electrons. The summed E-state index contributed by atoms with van der Waals surface area (Å²) < 4.78 is 14.5. The van der Waals surface area contributed by atoms with Crippen molar-refractivity contribution in [3.05, 3.63) is 82.4 Å². The van der Waals surface area contributed by atoms with Gasteiger partial charge in [0.05, 0.1) is 12.2 Å². The van der Waals surface area contributed by atoms with Crippen LogP contribution in [0.5, 0.6) is 11.5 Å². The topological polar surface area (TPSA) is 82.7 Å². The molecule has 0 saturated carbocycles. The first-order valence-corrected chi connectivity index (χ1v) is 14.3. The summed E-state index contributed by atoms with van der Waals surface area (Å²) in [5, 5.41) is 11.3. The summed E-state index contributed by atoms with van der Waals surface area (Å²) in [6.45, 7) is 5.38. The Bertz CT molecular complexity index is 1460. The number of fused-ring (bicyclic) bond motifs is 1. The number of para-hydroxylation sites is 1. The molecule has 0 atom stereocenters. The van der Waals surface area contributed by atoms with Crippen molar-refractivity contribution in [3.8, 4) is 22.6 Å². The number of halogens is 1. The quantitative estimate of drug-likeness (QED) is 0.183. The molecule has 4 rings (SSSR count). The van der Waals surface area contributed by atoms with Gasteiger partial charge in [-0.25, -0.2) is 4.79 Å². The van der Waals surface area contributed by atoms with E-state index in [0.29, 0.717) is 39.1 Å². The van der Waals surface area contributed by atoms with E-state index < -0.39 is 11.6 Å². The van der Waals surface area contributed by atoms with E-state index in [4.69, 9.17) is 9.47 Å². The highest BCUT2D eigenvalue weighted by atomic mass is 127. The highest BCUT2D eigenvalue weighted by molar-refractivity contribution is 14.2. The van der Waals surface area contributed by atoms with Crippen molar-refractivity contribution >= 4 is 47.2 Å². The molecule has 36 heavy (non-hydrogen) atoms. The molecule has 0 aliphatic heterocycles.